The van der Waals surface area contributed by atoms with Crippen LogP contribution in [-0.4, -0.2) is 46.2 Å². The van der Waals surface area contributed by atoms with Gasteiger partial charge in [0.05, 0.1) is 0 Å². The Morgan fingerprint density at radius 3 is 0.700 bits per heavy atom. The maximum atomic E-state index is 8.67. The zero-order valence-corrected chi connectivity index (χ0v) is 5.53. The van der Waals surface area contributed by atoms with Crippen LogP contribution in [0.25, 0.3) is 0 Å². The molecular formula is H14O9S. The van der Waals surface area contributed by atoms with Crippen molar-refractivity contribution in [1.29, 1.82) is 0 Å². The molecule has 0 aromatic heterocycles. The van der Waals surface area contributed by atoms with E-state index < -0.39 is 11.4 Å². The highest BCUT2D eigenvalue weighted by atomic mass is 32.2. The molecule has 0 aliphatic heterocycles. The molecule has 0 aliphatic carbocycles. The van der Waals surface area contributed by atoms with E-state index in [2.05, 4.69) is 0 Å². The maximum Gasteiger partial charge on any atom is 0.299 e. The zero-order chi connectivity index (χ0) is 3.58. The van der Waals surface area contributed by atoms with Gasteiger partial charge in [-0.05, 0) is 0 Å². The Morgan fingerprint density at radius 1 is 0.700 bits per heavy atom. The summed E-state index contributed by atoms with van der Waals surface area (Å²) in [7, 11) is 0. The van der Waals surface area contributed by atoms with Crippen LogP contribution in [0.15, 0.2) is 0 Å². The third kappa shape index (κ3) is 12600. The van der Waals surface area contributed by atoms with Gasteiger partial charge in [-0.3, -0.25) is 9.11 Å². The molecule has 0 unspecified atom stereocenters. The predicted molar refractivity (Wildman–Crippen MR) is 35.1 cm³/mol. The van der Waals surface area contributed by atoms with E-state index in [1.165, 1.54) is 0 Å². The van der Waals surface area contributed by atoms with Crippen molar-refractivity contribution in [1.82, 2.24) is 0 Å². The fraction of sp³-hybridized carbons (Fsp3) is 0. The fourth-order valence-electron chi connectivity index (χ4n) is 0. The summed E-state index contributed by atoms with van der Waals surface area (Å²) in [6.07, 6.45) is 0. The molecule has 0 bridgehead atoms. The van der Waals surface area contributed by atoms with Crippen molar-refractivity contribution in [3.63, 3.8) is 0 Å². The van der Waals surface area contributed by atoms with Gasteiger partial charge in [-0.1, -0.05) is 0 Å². The van der Waals surface area contributed by atoms with Crippen LogP contribution in [0.4, 0.5) is 0 Å². The molecule has 0 fully saturated rings. The molecular weight excluding hydrogens is 176 g/mol. The lowest BCUT2D eigenvalue weighted by molar-refractivity contribution is 0.454. The molecule has 0 saturated heterocycles. The minimum Gasteiger partial charge on any atom is -0.412 e. The van der Waals surface area contributed by atoms with Gasteiger partial charge < -0.3 is 32.9 Å². The monoisotopic (exact) mass is 190 g/mol. The summed E-state index contributed by atoms with van der Waals surface area (Å²) in [5, 5.41) is 0. The Kier molecular flexibility index (Phi) is 647. The van der Waals surface area contributed by atoms with Crippen LogP contribution in [0.3, 0.4) is 0 Å². The van der Waals surface area contributed by atoms with Gasteiger partial charge in [-0.2, -0.15) is 4.21 Å². The van der Waals surface area contributed by atoms with Crippen molar-refractivity contribution in [2.45, 2.75) is 0 Å². The summed E-state index contributed by atoms with van der Waals surface area (Å²) in [6, 6.07) is 0. The largest absolute Gasteiger partial charge is 0.412 e. The second-order valence-corrected chi connectivity index (χ2v) is 0.692. The molecule has 10 heavy (non-hydrogen) atoms. The zero-order valence-electron chi connectivity index (χ0n) is 4.71. The van der Waals surface area contributed by atoms with Gasteiger partial charge in [0.2, 0.25) is 0 Å². The fourth-order valence-corrected chi connectivity index (χ4v) is 0. The van der Waals surface area contributed by atoms with Gasteiger partial charge in [-0.25, -0.2) is 0 Å². The van der Waals surface area contributed by atoms with E-state index in [0.717, 1.165) is 0 Å². The van der Waals surface area contributed by atoms with E-state index in [4.69, 9.17) is 13.3 Å². The third-order valence-corrected chi connectivity index (χ3v) is 0. The van der Waals surface area contributed by atoms with Crippen molar-refractivity contribution in [3.8, 4) is 0 Å². The average Bonchev–Trinajstić information content (AvgIpc) is 0.811. The quantitative estimate of drug-likeness (QED) is 0.355. The van der Waals surface area contributed by atoms with Crippen molar-refractivity contribution in [2.24, 2.45) is 0 Å². The van der Waals surface area contributed by atoms with Gasteiger partial charge in [0.1, 0.15) is 0 Å². The SMILES string of the molecule is O.O.O.O.O.O.O=S(O)O. The Balaban J connectivity index is -0.00000000300. The molecule has 9 nitrogen and oxygen atoms in total. The molecule has 0 aromatic carbocycles. The van der Waals surface area contributed by atoms with Crippen LogP contribution in [0.2, 0.25) is 0 Å². The first-order valence-electron chi connectivity index (χ1n) is 0.532. The molecule has 0 spiro atoms. The van der Waals surface area contributed by atoms with E-state index in [-0.39, 0.29) is 32.9 Å². The molecule has 74 valence electrons. The molecule has 0 radical (unpaired) electrons. The standard InChI is InChI=1S/H2O3S.6H2O/c1-4(2)3;;;;;;/h(H2,1,2,3);6*1H2. The van der Waals surface area contributed by atoms with Crippen molar-refractivity contribution >= 4 is 11.4 Å². The van der Waals surface area contributed by atoms with Gasteiger partial charge in [-0.15, -0.1) is 0 Å². The Labute approximate surface area is 58.6 Å². The van der Waals surface area contributed by atoms with Crippen molar-refractivity contribution < 1.29 is 46.2 Å². The summed E-state index contributed by atoms with van der Waals surface area (Å²) in [6.45, 7) is 0. The van der Waals surface area contributed by atoms with E-state index >= 15 is 0 Å². The highest BCUT2D eigenvalue weighted by molar-refractivity contribution is 7.73. The summed E-state index contributed by atoms with van der Waals surface area (Å²) in [4.78, 5) is 0. The van der Waals surface area contributed by atoms with Gasteiger partial charge in [0.25, 0.3) is 11.4 Å². The van der Waals surface area contributed by atoms with Crippen LogP contribution < -0.4 is 0 Å². The van der Waals surface area contributed by atoms with E-state index in [9.17, 15) is 0 Å². The molecule has 0 amide bonds. The lowest BCUT2D eigenvalue weighted by atomic mass is 15.8. The smallest absolute Gasteiger partial charge is 0.299 e. The second kappa shape index (κ2) is 67.6. The van der Waals surface area contributed by atoms with Crippen molar-refractivity contribution in [3.05, 3.63) is 0 Å². The second-order valence-electron chi connectivity index (χ2n) is 0.231. The van der Waals surface area contributed by atoms with Gasteiger partial charge in [0, 0.05) is 0 Å². The normalized spacial score (nSPS) is 3.50. The Hall–Kier alpha value is -0.170. The molecule has 10 heteroatoms. The molecule has 0 aliphatic rings. The number of hydrogen-bond donors (Lipinski definition) is 2. The predicted octanol–water partition coefficient (Wildman–Crippen LogP) is -5.27. The topological polar surface area (TPSA) is 247 Å². The lowest BCUT2D eigenvalue weighted by Gasteiger charge is -1.59. The Morgan fingerprint density at radius 2 is 0.700 bits per heavy atom. The van der Waals surface area contributed by atoms with E-state index in [0.29, 0.717) is 0 Å². The first-order valence-corrected chi connectivity index (χ1v) is 1.60. The average molecular weight is 190 g/mol. The van der Waals surface area contributed by atoms with Gasteiger partial charge >= 0.3 is 0 Å². The number of rotatable bonds is 0. The number of hydrogen-bond acceptors (Lipinski definition) is 1. The minimum absolute atomic E-state index is 0. The van der Waals surface area contributed by atoms with Crippen LogP contribution in [0.5, 0.6) is 0 Å². The minimum atomic E-state index is -2.61. The molecule has 0 saturated carbocycles. The maximum absolute atomic E-state index is 8.67. The first-order chi connectivity index (χ1) is 1.73. The highest BCUT2D eigenvalue weighted by Gasteiger charge is 1.62. The van der Waals surface area contributed by atoms with Crippen LogP contribution in [0.1, 0.15) is 0 Å². The van der Waals surface area contributed by atoms with Crippen LogP contribution >= 0.6 is 0 Å². The van der Waals surface area contributed by atoms with Crippen molar-refractivity contribution in [2.75, 3.05) is 0 Å². The van der Waals surface area contributed by atoms with Crippen LogP contribution in [0, 0.1) is 0 Å². The summed E-state index contributed by atoms with van der Waals surface area (Å²) in [5.41, 5.74) is 0. The Bertz CT molecular complexity index is 27.7. The molecule has 14 N–H and O–H groups in total. The third-order valence-electron chi connectivity index (χ3n) is 0. The van der Waals surface area contributed by atoms with Gasteiger partial charge in [0.15, 0.2) is 0 Å². The highest BCUT2D eigenvalue weighted by Crippen LogP contribution is 1.44. The van der Waals surface area contributed by atoms with E-state index in [1.807, 2.05) is 0 Å². The molecule has 0 rings (SSSR count). The van der Waals surface area contributed by atoms with Crippen LogP contribution in [-0.2, 0) is 11.4 Å². The molecule has 0 heterocycles. The summed E-state index contributed by atoms with van der Waals surface area (Å²) >= 11 is -2.61. The summed E-state index contributed by atoms with van der Waals surface area (Å²) in [5.74, 6) is 0. The lowest BCUT2D eigenvalue weighted by Crippen LogP contribution is -1.74. The molecule has 0 aromatic rings. The summed E-state index contributed by atoms with van der Waals surface area (Å²) < 4.78 is 22.8. The molecule has 0 atom stereocenters. The van der Waals surface area contributed by atoms with E-state index in [1.54, 1.807) is 0 Å². The first kappa shape index (κ1) is 95.7.